The molecule has 0 aromatic heterocycles. The fraction of sp³-hybridized carbons (Fsp3) is 0.871. The standard InChI is InChI=1S/C31H51NO9/c1-9-23-18(5)28(36)31(6)11-10-19-15(2)12-20(25(19)29(37)41-31)27(17(4)22(33)14-24(34)39-23)40-30-26(35)21(32(7)8)13-16(3)38-30/h15-18,20-23,26-28,30,33,35-36H,9-14H2,1-8H3/t15-,16-,17+,18-,20-,21+,22-,23-,26-,27-,28+,30+,31+/m1/s1. The van der Waals surface area contributed by atoms with Gasteiger partial charge >= 0.3 is 11.9 Å². The van der Waals surface area contributed by atoms with E-state index in [1.165, 1.54) is 0 Å². The Labute approximate surface area is 244 Å². The summed E-state index contributed by atoms with van der Waals surface area (Å²) < 4.78 is 24.6. The smallest absolute Gasteiger partial charge is 0.334 e. The van der Waals surface area contributed by atoms with Crippen LogP contribution in [-0.4, -0.2) is 101 Å². The molecular weight excluding hydrogens is 530 g/mol. The molecule has 41 heavy (non-hydrogen) atoms. The third kappa shape index (κ3) is 6.38. The molecule has 234 valence electrons. The maximum Gasteiger partial charge on any atom is 0.334 e. The van der Waals surface area contributed by atoms with Gasteiger partial charge in [-0.1, -0.05) is 33.3 Å². The van der Waals surface area contributed by atoms with E-state index in [9.17, 15) is 24.9 Å². The molecule has 2 bridgehead atoms. The molecule has 4 aliphatic rings. The van der Waals surface area contributed by atoms with Crippen LogP contribution in [0.25, 0.3) is 0 Å². The van der Waals surface area contributed by atoms with Crippen molar-refractivity contribution < 1.29 is 43.9 Å². The van der Waals surface area contributed by atoms with Crippen LogP contribution in [0, 0.1) is 23.7 Å². The maximum atomic E-state index is 13.9. The van der Waals surface area contributed by atoms with E-state index < -0.39 is 72.1 Å². The number of carbonyl (C=O) groups is 2. The molecule has 3 heterocycles. The van der Waals surface area contributed by atoms with Crippen molar-refractivity contribution in [2.24, 2.45) is 23.7 Å². The lowest BCUT2D eigenvalue weighted by atomic mass is 9.80. The molecule has 3 aliphatic heterocycles. The predicted octanol–water partition coefficient (Wildman–Crippen LogP) is 2.57. The van der Waals surface area contributed by atoms with Crippen molar-refractivity contribution in [3.8, 4) is 0 Å². The number of hydrogen-bond donors (Lipinski definition) is 3. The summed E-state index contributed by atoms with van der Waals surface area (Å²) in [6.45, 7) is 11.2. The van der Waals surface area contributed by atoms with Gasteiger partial charge in [0.2, 0.25) is 0 Å². The highest BCUT2D eigenvalue weighted by molar-refractivity contribution is 5.91. The van der Waals surface area contributed by atoms with Crippen molar-refractivity contribution in [1.29, 1.82) is 0 Å². The van der Waals surface area contributed by atoms with E-state index in [0.29, 0.717) is 37.7 Å². The summed E-state index contributed by atoms with van der Waals surface area (Å²) in [6, 6.07) is -0.201. The molecule has 0 aromatic rings. The second-order valence-electron chi connectivity index (χ2n) is 13.4. The number of hydrogen-bond acceptors (Lipinski definition) is 10. The molecule has 2 fully saturated rings. The minimum atomic E-state index is -1.17. The average Bonchev–Trinajstić information content (AvgIpc) is 3.16. The number of allylic oxidation sites excluding steroid dienone is 1. The van der Waals surface area contributed by atoms with E-state index in [4.69, 9.17) is 18.9 Å². The van der Waals surface area contributed by atoms with Gasteiger partial charge in [0.15, 0.2) is 6.29 Å². The third-order valence-electron chi connectivity index (χ3n) is 10.2. The Morgan fingerprint density at radius 3 is 2.37 bits per heavy atom. The zero-order valence-electron chi connectivity index (χ0n) is 25.9. The Balaban J connectivity index is 1.76. The van der Waals surface area contributed by atoms with Gasteiger partial charge in [0.1, 0.15) is 17.8 Å². The highest BCUT2D eigenvalue weighted by atomic mass is 16.7. The van der Waals surface area contributed by atoms with Crippen LogP contribution in [0.3, 0.4) is 0 Å². The van der Waals surface area contributed by atoms with Gasteiger partial charge in [0, 0.05) is 29.4 Å². The van der Waals surface area contributed by atoms with Crippen LogP contribution in [0.5, 0.6) is 0 Å². The van der Waals surface area contributed by atoms with Crippen LogP contribution >= 0.6 is 0 Å². The summed E-state index contributed by atoms with van der Waals surface area (Å²) in [5, 5.41) is 34.1. The maximum absolute atomic E-state index is 13.9. The molecule has 2 saturated heterocycles. The lowest BCUT2D eigenvalue weighted by Crippen LogP contribution is -2.56. The zero-order valence-corrected chi connectivity index (χ0v) is 25.9. The molecule has 4 rings (SSSR count). The Hall–Kier alpha value is -1.56. The van der Waals surface area contributed by atoms with Gasteiger partial charge in [0.25, 0.3) is 0 Å². The largest absolute Gasteiger partial charge is 0.462 e. The molecule has 0 radical (unpaired) electrons. The van der Waals surface area contributed by atoms with E-state index in [2.05, 4.69) is 6.92 Å². The predicted molar refractivity (Wildman–Crippen MR) is 150 cm³/mol. The summed E-state index contributed by atoms with van der Waals surface area (Å²) in [6.07, 6.45) is -3.28. The molecule has 13 atom stereocenters. The molecule has 10 heteroatoms. The van der Waals surface area contributed by atoms with Gasteiger partial charge in [-0.05, 0) is 66.0 Å². The third-order valence-corrected chi connectivity index (χ3v) is 10.2. The van der Waals surface area contributed by atoms with Crippen LogP contribution in [0.2, 0.25) is 0 Å². The SMILES string of the molecule is CC[C@H]1OC(=O)C[C@@H](O)[C@H](C)[C@@H](O[C@@H]2O[C@H](C)C[C@H](N(C)C)[C@H]2O)[C@@H]2C[C@@H](C)C3=C2C(=O)O[C@@](C)(CC3)[C@@H](O)[C@@H]1C. The van der Waals surface area contributed by atoms with Gasteiger partial charge < -0.3 is 39.2 Å². The number of carbonyl (C=O) groups excluding carboxylic acids is 2. The van der Waals surface area contributed by atoms with Crippen LogP contribution in [0.1, 0.15) is 80.1 Å². The number of esters is 2. The van der Waals surface area contributed by atoms with E-state index in [0.717, 1.165) is 5.57 Å². The number of aliphatic hydroxyl groups is 3. The van der Waals surface area contributed by atoms with Crippen molar-refractivity contribution >= 4 is 11.9 Å². The first-order chi connectivity index (χ1) is 19.2. The average molecular weight is 582 g/mol. The van der Waals surface area contributed by atoms with Gasteiger partial charge in [0.05, 0.1) is 30.8 Å². The molecule has 0 spiro atoms. The van der Waals surface area contributed by atoms with Crippen molar-refractivity contribution in [3.63, 3.8) is 0 Å². The number of cyclic esters (lactones) is 1. The highest BCUT2D eigenvalue weighted by Crippen LogP contribution is 2.49. The minimum Gasteiger partial charge on any atom is -0.462 e. The highest BCUT2D eigenvalue weighted by Gasteiger charge is 2.52. The second kappa shape index (κ2) is 12.6. The molecule has 10 nitrogen and oxygen atoms in total. The fourth-order valence-electron chi connectivity index (χ4n) is 7.52. The number of rotatable bonds is 4. The first-order valence-corrected chi connectivity index (χ1v) is 15.4. The van der Waals surface area contributed by atoms with E-state index in [1.54, 1.807) is 20.8 Å². The minimum absolute atomic E-state index is 0.0572. The number of likely N-dealkylation sites (N-methyl/N-ethyl adjacent to an activating group) is 1. The summed E-state index contributed by atoms with van der Waals surface area (Å²) in [5.41, 5.74) is 0.338. The fourth-order valence-corrected chi connectivity index (χ4v) is 7.52. The van der Waals surface area contributed by atoms with Gasteiger partial charge in [-0.3, -0.25) is 4.79 Å². The molecule has 0 unspecified atom stereocenters. The van der Waals surface area contributed by atoms with Crippen LogP contribution in [0.4, 0.5) is 0 Å². The monoisotopic (exact) mass is 581 g/mol. The lowest BCUT2D eigenvalue weighted by Gasteiger charge is -2.44. The van der Waals surface area contributed by atoms with Crippen LogP contribution in [0.15, 0.2) is 11.1 Å². The molecule has 0 amide bonds. The summed E-state index contributed by atoms with van der Waals surface area (Å²) in [5.74, 6) is -2.54. The Morgan fingerprint density at radius 2 is 1.73 bits per heavy atom. The first-order valence-electron chi connectivity index (χ1n) is 15.4. The summed E-state index contributed by atoms with van der Waals surface area (Å²) >= 11 is 0. The van der Waals surface area contributed by atoms with Gasteiger partial charge in [-0.2, -0.15) is 0 Å². The summed E-state index contributed by atoms with van der Waals surface area (Å²) in [7, 11) is 3.80. The van der Waals surface area contributed by atoms with Crippen molar-refractivity contribution in [2.45, 2.75) is 135 Å². The number of aliphatic hydroxyl groups excluding tert-OH is 3. The molecular formula is C31H51NO9. The summed E-state index contributed by atoms with van der Waals surface area (Å²) in [4.78, 5) is 28.9. The van der Waals surface area contributed by atoms with Crippen LogP contribution in [-0.2, 0) is 28.5 Å². The lowest BCUT2D eigenvalue weighted by molar-refractivity contribution is -0.281. The van der Waals surface area contributed by atoms with Gasteiger partial charge in [-0.25, -0.2) is 4.79 Å². The molecule has 0 saturated carbocycles. The Bertz CT molecular complexity index is 1000. The van der Waals surface area contributed by atoms with E-state index in [-0.39, 0.29) is 24.5 Å². The van der Waals surface area contributed by atoms with E-state index in [1.807, 2.05) is 32.8 Å². The number of fused-ring (bicyclic) bond motifs is 2. The molecule has 0 aromatic carbocycles. The topological polar surface area (TPSA) is 135 Å². The second-order valence-corrected chi connectivity index (χ2v) is 13.4. The Kier molecular flexibility index (Phi) is 9.93. The van der Waals surface area contributed by atoms with Crippen molar-refractivity contribution in [2.75, 3.05) is 14.1 Å². The number of nitrogens with zero attached hydrogens (tertiary/aromatic N) is 1. The Morgan fingerprint density at radius 1 is 1.05 bits per heavy atom. The first kappa shape index (κ1) is 32.4. The normalized spacial score (nSPS) is 46.2. The molecule has 3 N–H and O–H groups in total. The van der Waals surface area contributed by atoms with Crippen molar-refractivity contribution in [1.82, 2.24) is 4.90 Å². The van der Waals surface area contributed by atoms with Gasteiger partial charge in [-0.15, -0.1) is 0 Å². The van der Waals surface area contributed by atoms with Crippen molar-refractivity contribution in [3.05, 3.63) is 11.1 Å². The molecule has 1 aliphatic carbocycles. The van der Waals surface area contributed by atoms with E-state index >= 15 is 0 Å². The number of ether oxygens (including phenoxy) is 4. The van der Waals surface area contributed by atoms with Crippen LogP contribution < -0.4 is 0 Å². The zero-order chi connectivity index (χ0) is 30.4. The quantitative estimate of drug-likeness (QED) is 0.425.